The van der Waals surface area contributed by atoms with Gasteiger partial charge in [0.25, 0.3) is 0 Å². The molecule has 0 unspecified atom stereocenters. The van der Waals surface area contributed by atoms with Crippen molar-refractivity contribution in [3.63, 3.8) is 0 Å². The molecule has 8 heteroatoms. The summed E-state index contributed by atoms with van der Waals surface area (Å²) >= 11 is 0. The van der Waals surface area contributed by atoms with E-state index >= 15 is 0 Å². The Bertz CT molecular complexity index is 747. The Balaban J connectivity index is 2.30. The molecule has 0 bridgehead atoms. The molecule has 1 heterocycles. The number of ether oxygens (including phenoxy) is 2. The summed E-state index contributed by atoms with van der Waals surface area (Å²) in [6.45, 7) is 0.199. The molecule has 0 fully saturated rings. The Morgan fingerprint density at radius 3 is 2.67 bits per heavy atom. The molecule has 2 aromatic rings. The molecular weight excluding hydrogens is 294 g/mol. The number of nitrogen functional groups attached to an aromatic ring is 1. The molecule has 0 amide bonds. The number of sulfone groups is 1. The van der Waals surface area contributed by atoms with Crippen LogP contribution in [0.1, 0.15) is 5.82 Å². The Labute approximate surface area is 122 Å². The molecule has 2 N–H and O–H groups in total. The monoisotopic (exact) mass is 309 g/mol. The predicted octanol–water partition coefficient (Wildman–Crippen LogP) is 1.40. The highest BCUT2D eigenvalue weighted by Gasteiger charge is 2.10. The summed E-state index contributed by atoms with van der Waals surface area (Å²) in [6, 6.07) is 7.58. The van der Waals surface area contributed by atoms with Crippen LogP contribution in [-0.2, 0) is 21.2 Å². The van der Waals surface area contributed by atoms with Crippen molar-refractivity contribution in [1.29, 1.82) is 0 Å². The van der Waals surface area contributed by atoms with E-state index in [0.717, 1.165) is 6.26 Å². The van der Waals surface area contributed by atoms with Crippen LogP contribution in [0, 0.1) is 0 Å². The number of anilines is 1. The van der Waals surface area contributed by atoms with Gasteiger partial charge in [-0.2, -0.15) is 4.98 Å². The van der Waals surface area contributed by atoms with Gasteiger partial charge in [-0.05, 0) is 18.2 Å². The lowest BCUT2D eigenvalue weighted by Gasteiger charge is -2.08. The van der Waals surface area contributed by atoms with Crippen molar-refractivity contribution in [1.82, 2.24) is 9.97 Å². The normalized spacial score (nSPS) is 11.3. The van der Waals surface area contributed by atoms with Gasteiger partial charge < -0.3 is 15.2 Å². The third-order valence-corrected chi connectivity index (χ3v) is 3.61. The molecule has 0 aliphatic heterocycles. The molecule has 7 nitrogen and oxygen atoms in total. The summed E-state index contributed by atoms with van der Waals surface area (Å²) in [4.78, 5) is 8.28. The second-order valence-corrected chi connectivity index (χ2v) is 6.35. The average molecular weight is 309 g/mol. The SMILES string of the molecule is COCc1nc(N)cc(Oc2cccc(S(C)(=O)=O)c2)n1. The minimum absolute atomic E-state index is 0.166. The Morgan fingerprint density at radius 2 is 2.00 bits per heavy atom. The van der Waals surface area contributed by atoms with E-state index in [2.05, 4.69) is 9.97 Å². The first kappa shape index (κ1) is 15.2. The first-order valence-corrected chi connectivity index (χ1v) is 7.88. The molecule has 1 aromatic heterocycles. The van der Waals surface area contributed by atoms with Crippen LogP contribution in [0.5, 0.6) is 11.6 Å². The van der Waals surface area contributed by atoms with Gasteiger partial charge in [-0.1, -0.05) is 6.07 Å². The van der Waals surface area contributed by atoms with Gasteiger partial charge >= 0.3 is 0 Å². The molecular formula is C13H15N3O4S. The lowest BCUT2D eigenvalue weighted by atomic mass is 10.3. The highest BCUT2D eigenvalue weighted by atomic mass is 32.2. The van der Waals surface area contributed by atoms with Gasteiger partial charge in [-0.25, -0.2) is 13.4 Å². The van der Waals surface area contributed by atoms with E-state index in [1.54, 1.807) is 12.1 Å². The second kappa shape index (κ2) is 6.06. The van der Waals surface area contributed by atoms with Crippen molar-refractivity contribution < 1.29 is 17.9 Å². The molecule has 0 saturated carbocycles. The summed E-state index contributed by atoms with van der Waals surface area (Å²) in [7, 11) is -1.78. The van der Waals surface area contributed by atoms with E-state index in [1.807, 2.05) is 0 Å². The van der Waals surface area contributed by atoms with E-state index in [0.29, 0.717) is 11.6 Å². The highest BCUT2D eigenvalue weighted by molar-refractivity contribution is 7.90. The van der Waals surface area contributed by atoms with E-state index < -0.39 is 9.84 Å². The van der Waals surface area contributed by atoms with Crippen molar-refractivity contribution in [2.75, 3.05) is 19.1 Å². The van der Waals surface area contributed by atoms with Crippen LogP contribution in [-0.4, -0.2) is 31.8 Å². The largest absolute Gasteiger partial charge is 0.439 e. The molecule has 1 aromatic carbocycles. The fourth-order valence-corrected chi connectivity index (χ4v) is 2.28. The zero-order valence-corrected chi connectivity index (χ0v) is 12.4. The number of benzene rings is 1. The first-order chi connectivity index (χ1) is 9.88. The Morgan fingerprint density at radius 1 is 1.24 bits per heavy atom. The summed E-state index contributed by atoms with van der Waals surface area (Å²) in [6.07, 6.45) is 1.13. The van der Waals surface area contributed by atoms with E-state index in [4.69, 9.17) is 15.2 Å². The zero-order chi connectivity index (χ0) is 15.5. The van der Waals surface area contributed by atoms with E-state index in [1.165, 1.54) is 25.3 Å². The Kier molecular flexibility index (Phi) is 4.39. The molecule has 0 atom stereocenters. The second-order valence-electron chi connectivity index (χ2n) is 4.33. The molecule has 0 saturated heterocycles. The van der Waals surface area contributed by atoms with Crippen molar-refractivity contribution in [2.24, 2.45) is 0 Å². The maximum Gasteiger partial charge on any atom is 0.224 e. The maximum absolute atomic E-state index is 11.5. The number of nitrogens with zero attached hydrogens (tertiary/aromatic N) is 2. The van der Waals surface area contributed by atoms with Gasteiger partial charge in [0.05, 0.1) is 4.90 Å². The third-order valence-electron chi connectivity index (χ3n) is 2.50. The van der Waals surface area contributed by atoms with Crippen LogP contribution >= 0.6 is 0 Å². The van der Waals surface area contributed by atoms with Gasteiger partial charge in [0, 0.05) is 19.4 Å². The molecule has 21 heavy (non-hydrogen) atoms. The lowest BCUT2D eigenvalue weighted by molar-refractivity contribution is 0.177. The smallest absolute Gasteiger partial charge is 0.224 e. The molecule has 0 aliphatic carbocycles. The molecule has 2 rings (SSSR count). The number of aromatic nitrogens is 2. The van der Waals surface area contributed by atoms with E-state index in [-0.39, 0.29) is 23.2 Å². The summed E-state index contributed by atoms with van der Waals surface area (Å²) in [5.74, 6) is 1.19. The fourth-order valence-electron chi connectivity index (χ4n) is 1.63. The molecule has 112 valence electrons. The van der Waals surface area contributed by atoms with Gasteiger partial charge in [-0.3, -0.25) is 0 Å². The molecule has 0 radical (unpaired) electrons. The minimum atomic E-state index is -3.30. The zero-order valence-electron chi connectivity index (χ0n) is 11.6. The lowest BCUT2D eigenvalue weighted by Crippen LogP contribution is -2.03. The Hall–Kier alpha value is -2.19. The predicted molar refractivity (Wildman–Crippen MR) is 76.8 cm³/mol. The molecule has 0 aliphatic rings. The van der Waals surface area contributed by atoms with Gasteiger partial charge in [0.15, 0.2) is 15.7 Å². The summed E-state index contributed by atoms with van der Waals surface area (Å²) in [5.41, 5.74) is 5.66. The van der Waals surface area contributed by atoms with Gasteiger partial charge in [0.2, 0.25) is 5.88 Å². The van der Waals surface area contributed by atoms with Crippen LogP contribution in [0.3, 0.4) is 0 Å². The van der Waals surface area contributed by atoms with Crippen LogP contribution in [0.2, 0.25) is 0 Å². The standard InChI is InChI=1S/C13H15N3O4S/c1-19-8-12-15-11(14)7-13(16-12)20-9-4-3-5-10(6-9)21(2,17)18/h3-7H,8H2,1-2H3,(H2,14,15,16). The van der Waals surface area contributed by atoms with Crippen molar-refractivity contribution >= 4 is 15.7 Å². The number of rotatable bonds is 5. The number of nitrogens with two attached hydrogens (primary N) is 1. The van der Waals surface area contributed by atoms with Crippen molar-refractivity contribution in [2.45, 2.75) is 11.5 Å². The topological polar surface area (TPSA) is 104 Å². The number of hydrogen-bond donors (Lipinski definition) is 1. The highest BCUT2D eigenvalue weighted by Crippen LogP contribution is 2.23. The van der Waals surface area contributed by atoms with Crippen molar-refractivity contribution in [3.05, 3.63) is 36.2 Å². The first-order valence-electron chi connectivity index (χ1n) is 5.99. The van der Waals surface area contributed by atoms with Gasteiger partial charge in [-0.15, -0.1) is 0 Å². The van der Waals surface area contributed by atoms with Crippen LogP contribution < -0.4 is 10.5 Å². The maximum atomic E-state index is 11.5. The van der Waals surface area contributed by atoms with Crippen LogP contribution in [0.4, 0.5) is 5.82 Å². The number of methoxy groups -OCH3 is 1. The minimum Gasteiger partial charge on any atom is -0.439 e. The number of hydrogen-bond acceptors (Lipinski definition) is 7. The third kappa shape index (κ3) is 4.14. The quantitative estimate of drug-likeness (QED) is 0.890. The fraction of sp³-hybridized carbons (Fsp3) is 0.231. The molecule has 0 spiro atoms. The summed E-state index contributed by atoms with van der Waals surface area (Å²) in [5, 5.41) is 0. The van der Waals surface area contributed by atoms with Crippen molar-refractivity contribution in [3.8, 4) is 11.6 Å². The summed E-state index contributed by atoms with van der Waals surface area (Å²) < 4.78 is 33.5. The van der Waals surface area contributed by atoms with Crippen LogP contribution in [0.15, 0.2) is 35.2 Å². The van der Waals surface area contributed by atoms with E-state index in [9.17, 15) is 8.42 Å². The van der Waals surface area contributed by atoms with Crippen LogP contribution in [0.25, 0.3) is 0 Å². The van der Waals surface area contributed by atoms with Gasteiger partial charge in [0.1, 0.15) is 18.2 Å². The average Bonchev–Trinajstić information content (AvgIpc) is 2.37.